The maximum Gasteiger partial charge on any atom is 0.0713 e. The minimum atomic E-state index is -0.398. The van der Waals surface area contributed by atoms with Crippen molar-refractivity contribution in [2.45, 2.75) is 5.41 Å². The predicted molar refractivity (Wildman–Crippen MR) is 205 cm³/mol. The average molecular weight is 627 g/mol. The third kappa shape index (κ3) is 4.01. The van der Waals surface area contributed by atoms with Crippen LogP contribution in [0.3, 0.4) is 0 Å². The lowest BCUT2D eigenvalue weighted by atomic mass is 9.67. The van der Waals surface area contributed by atoms with Crippen molar-refractivity contribution in [3.8, 4) is 33.4 Å². The van der Waals surface area contributed by atoms with Crippen LogP contribution in [0.25, 0.3) is 64.3 Å². The van der Waals surface area contributed by atoms with Crippen molar-refractivity contribution < 1.29 is 0 Å². The molecule has 1 aliphatic carbocycles. The fraction of sp³-hybridized carbons (Fsp3) is 0.0213. The van der Waals surface area contributed by atoms with Crippen molar-refractivity contribution in [1.29, 1.82) is 0 Å². The Morgan fingerprint density at radius 1 is 0.333 bits per heavy atom. The molecule has 1 heteroatoms. The molecule has 8 aromatic carbocycles. The van der Waals surface area contributed by atoms with Gasteiger partial charge in [-0.3, -0.25) is 0 Å². The second-order valence-corrected chi connectivity index (χ2v) is 14.0. The number of fused-ring (bicyclic) bond motifs is 7. The summed E-state index contributed by atoms with van der Waals surface area (Å²) in [6.07, 6.45) is 0. The van der Waals surface area contributed by atoms with Gasteiger partial charge in [0.1, 0.15) is 0 Å². The van der Waals surface area contributed by atoms with E-state index >= 15 is 0 Å². The first-order chi connectivity index (χ1) is 23.8. The first kappa shape index (κ1) is 27.4. The van der Waals surface area contributed by atoms with Gasteiger partial charge < -0.3 is 0 Å². The van der Waals surface area contributed by atoms with E-state index in [1.165, 1.54) is 86.6 Å². The Balaban J connectivity index is 1.10. The molecular formula is C47H30S. The van der Waals surface area contributed by atoms with Gasteiger partial charge in [0.15, 0.2) is 0 Å². The van der Waals surface area contributed by atoms with Gasteiger partial charge in [0.2, 0.25) is 0 Å². The molecule has 224 valence electrons. The van der Waals surface area contributed by atoms with Crippen LogP contribution in [0.15, 0.2) is 182 Å². The second kappa shape index (κ2) is 10.6. The second-order valence-electron chi connectivity index (χ2n) is 12.9. The van der Waals surface area contributed by atoms with Crippen LogP contribution in [0, 0.1) is 0 Å². The Labute approximate surface area is 284 Å². The molecule has 0 unspecified atom stereocenters. The largest absolute Gasteiger partial charge is 0.135 e. The van der Waals surface area contributed by atoms with Gasteiger partial charge in [0.05, 0.1) is 5.41 Å². The molecule has 9 aromatic rings. The van der Waals surface area contributed by atoms with E-state index in [-0.39, 0.29) is 0 Å². The van der Waals surface area contributed by atoms with Crippen molar-refractivity contribution in [1.82, 2.24) is 0 Å². The minimum absolute atomic E-state index is 0.398. The van der Waals surface area contributed by atoms with Crippen LogP contribution in [-0.4, -0.2) is 0 Å². The molecule has 0 amide bonds. The SMILES string of the molecule is c1ccc(C2(c3ccccc3)c3ccccc3-c3ccc(-c4ccc5cc(-c6ccc7sc8ccccc8c7c6)ccc5c4)cc32)cc1. The molecule has 10 rings (SSSR count). The van der Waals surface area contributed by atoms with Crippen LogP contribution in [0.5, 0.6) is 0 Å². The van der Waals surface area contributed by atoms with E-state index in [1.54, 1.807) is 0 Å². The van der Waals surface area contributed by atoms with E-state index in [0.717, 1.165) is 0 Å². The molecule has 0 fully saturated rings. The zero-order chi connectivity index (χ0) is 31.7. The zero-order valence-electron chi connectivity index (χ0n) is 26.2. The van der Waals surface area contributed by atoms with Crippen LogP contribution in [0.4, 0.5) is 0 Å². The maximum absolute atomic E-state index is 2.45. The zero-order valence-corrected chi connectivity index (χ0v) is 27.0. The molecule has 48 heavy (non-hydrogen) atoms. The van der Waals surface area contributed by atoms with Crippen molar-refractivity contribution in [3.63, 3.8) is 0 Å². The van der Waals surface area contributed by atoms with Crippen LogP contribution < -0.4 is 0 Å². The van der Waals surface area contributed by atoms with E-state index in [9.17, 15) is 0 Å². The summed E-state index contributed by atoms with van der Waals surface area (Å²) in [6, 6.07) is 67.6. The monoisotopic (exact) mass is 626 g/mol. The molecule has 1 aliphatic rings. The number of hydrogen-bond acceptors (Lipinski definition) is 1. The molecule has 0 N–H and O–H groups in total. The quantitative estimate of drug-likeness (QED) is 0.182. The Kier molecular flexibility index (Phi) is 6.06. The highest BCUT2D eigenvalue weighted by molar-refractivity contribution is 7.25. The summed E-state index contributed by atoms with van der Waals surface area (Å²) >= 11 is 1.87. The Bertz CT molecular complexity index is 2620. The van der Waals surface area contributed by atoms with Crippen molar-refractivity contribution >= 4 is 42.3 Å². The molecule has 0 radical (unpaired) electrons. The lowest BCUT2D eigenvalue weighted by Crippen LogP contribution is -2.28. The van der Waals surface area contributed by atoms with Gasteiger partial charge >= 0.3 is 0 Å². The molecule has 1 aromatic heterocycles. The molecule has 1 heterocycles. The topological polar surface area (TPSA) is 0 Å². The third-order valence-corrected chi connectivity index (χ3v) is 11.5. The van der Waals surface area contributed by atoms with Crippen molar-refractivity contribution in [2.24, 2.45) is 0 Å². The Morgan fingerprint density at radius 2 is 0.854 bits per heavy atom. The van der Waals surface area contributed by atoms with E-state index in [4.69, 9.17) is 0 Å². The number of benzene rings is 8. The van der Waals surface area contributed by atoms with E-state index in [0.29, 0.717) is 0 Å². The summed E-state index contributed by atoms with van der Waals surface area (Å²) in [5.74, 6) is 0. The molecule has 0 bridgehead atoms. The standard InChI is InChI=1S/C47H30S/c1-3-11-37(12-4-1)47(38-13-5-2-6-14-38)43-17-9-7-15-39(43)40-25-23-36(30-44(40)47)34-22-20-31-27-33(21-19-32(31)28-34)35-24-26-46-42(29-35)41-16-8-10-18-45(41)48-46/h1-30H. The van der Waals surface area contributed by atoms with Crippen LogP contribution in [0.1, 0.15) is 22.3 Å². The van der Waals surface area contributed by atoms with Crippen molar-refractivity contribution in [2.75, 3.05) is 0 Å². The van der Waals surface area contributed by atoms with E-state index in [2.05, 4.69) is 182 Å². The number of rotatable bonds is 4. The highest BCUT2D eigenvalue weighted by atomic mass is 32.1. The summed E-state index contributed by atoms with van der Waals surface area (Å²) in [5.41, 5.74) is 12.5. The number of hydrogen-bond donors (Lipinski definition) is 0. The molecule has 0 saturated heterocycles. The maximum atomic E-state index is 2.45. The number of thiophene rings is 1. The molecule has 0 saturated carbocycles. The van der Waals surface area contributed by atoms with Gasteiger partial charge in [0, 0.05) is 20.2 Å². The lowest BCUT2D eigenvalue weighted by Gasteiger charge is -2.34. The van der Waals surface area contributed by atoms with Crippen molar-refractivity contribution in [3.05, 3.63) is 204 Å². The molecule has 0 aliphatic heterocycles. The van der Waals surface area contributed by atoms with Gasteiger partial charge in [-0.25, -0.2) is 0 Å². The summed E-state index contributed by atoms with van der Waals surface area (Å²) in [7, 11) is 0. The van der Waals surface area contributed by atoms with E-state index < -0.39 is 5.41 Å². The summed E-state index contributed by atoms with van der Waals surface area (Å²) in [5, 5.41) is 5.18. The first-order valence-electron chi connectivity index (χ1n) is 16.6. The Morgan fingerprint density at radius 3 is 1.58 bits per heavy atom. The molecular weight excluding hydrogens is 597 g/mol. The summed E-state index contributed by atoms with van der Waals surface area (Å²) in [6.45, 7) is 0. The fourth-order valence-corrected chi connectivity index (χ4v) is 9.22. The van der Waals surface area contributed by atoms with Crippen LogP contribution in [0.2, 0.25) is 0 Å². The van der Waals surface area contributed by atoms with Gasteiger partial charge in [-0.05, 0) is 103 Å². The smallest absolute Gasteiger partial charge is 0.0713 e. The molecule has 0 nitrogen and oxygen atoms in total. The highest BCUT2D eigenvalue weighted by Gasteiger charge is 2.46. The summed E-state index contributed by atoms with van der Waals surface area (Å²) < 4.78 is 2.68. The normalized spacial score (nSPS) is 13.2. The predicted octanol–water partition coefficient (Wildman–Crippen LogP) is 12.9. The summed E-state index contributed by atoms with van der Waals surface area (Å²) in [4.78, 5) is 0. The lowest BCUT2D eigenvalue weighted by molar-refractivity contribution is 0.769. The van der Waals surface area contributed by atoms with Gasteiger partial charge in [0.25, 0.3) is 0 Å². The van der Waals surface area contributed by atoms with E-state index in [1.807, 2.05) is 11.3 Å². The van der Waals surface area contributed by atoms with Crippen LogP contribution >= 0.6 is 11.3 Å². The molecule has 0 spiro atoms. The fourth-order valence-electron chi connectivity index (χ4n) is 8.13. The van der Waals surface area contributed by atoms with Gasteiger partial charge in [-0.15, -0.1) is 11.3 Å². The minimum Gasteiger partial charge on any atom is -0.135 e. The molecule has 0 atom stereocenters. The van der Waals surface area contributed by atoms with Crippen LogP contribution in [-0.2, 0) is 5.41 Å². The van der Waals surface area contributed by atoms with Gasteiger partial charge in [-0.2, -0.15) is 0 Å². The highest BCUT2D eigenvalue weighted by Crippen LogP contribution is 2.56. The van der Waals surface area contributed by atoms with Gasteiger partial charge in [-0.1, -0.05) is 146 Å². The first-order valence-corrected chi connectivity index (χ1v) is 17.4. The Hall–Kier alpha value is -5.76. The average Bonchev–Trinajstić information content (AvgIpc) is 3.68. The third-order valence-electron chi connectivity index (χ3n) is 10.3.